The van der Waals surface area contributed by atoms with Gasteiger partial charge in [-0.1, -0.05) is 25.7 Å². The Labute approximate surface area is 171 Å². The maximum atomic E-state index is 13.0. The van der Waals surface area contributed by atoms with Gasteiger partial charge in [0.05, 0.1) is 15.8 Å². The Hall–Kier alpha value is -1.54. The molecule has 1 saturated carbocycles. The van der Waals surface area contributed by atoms with Gasteiger partial charge in [0, 0.05) is 29.5 Å². The highest BCUT2D eigenvalue weighted by Crippen LogP contribution is 2.33. The maximum absolute atomic E-state index is 13.0. The van der Waals surface area contributed by atoms with E-state index in [-0.39, 0.29) is 29.2 Å². The van der Waals surface area contributed by atoms with Crippen molar-refractivity contribution in [2.75, 3.05) is 11.1 Å². The summed E-state index contributed by atoms with van der Waals surface area (Å²) in [5.41, 5.74) is 0.531. The number of carbonyl (C=O) groups is 2. The number of carbonyl (C=O) groups excluding carboxylic acids is 2. The van der Waals surface area contributed by atoms with Gasteiger partial charge >= 0.3 is 0 Å². The molecule has 0 bridgehead atoms. The van der Waals surface area contributed by atoms with Crippen LogP contribution in [0.2, 0.25) is 0 Å². The van der Waals surface area contributed by atoms with Crippen LogP contribution in [0.25, 0.3) is 0 Å². The average Bonchev–Trinajstić information content (AvgIpc) is 3.00. The van der Waals surface area contributed by atoms with Crippen molar-refractivity contribution in [3.05, 3.63) is 18.2 Å². The van der Waals surface area contributed by atoms with E-state index < -0.39 is 15.1 Å². The fourth-order valence-corrected chi connectivity index (χ4v) is 6.00. The van der Waals surface area contributed by atoms with Crippen LogP contribution >= 0.6 is 11.8 Å². The zero-order chi connectivity index (χ0) is 20.1. The molecule has 1 heterocycles. The van der Waals surface area contributed by atoms with Crippen LogP contribution in [0.3, 0.4) is 0 Å². The Morgan fingerprint density at radius 2 is 1.96 bits per heavy atom. The van der Waals surface area contributed by atoms with E-state index in [1.165, 1.54) is 30.7 Å². The summed E-state index contributed by atoms with van der Waals surface area (Å²) in [6, 6.07) is 4.97. The van der Waals surface area contributed by atoms with E-state index in [2.05, 4.69) is 10.6 Å². The fraction of sp³-hybridized carbons (Fsp3) is 0.600. The van der Waals surface area contributed by atoms with Gasteiger partial charge in [-0.25, -0.2) is 8.42 Å². The largest absolute Gasteiger partial charge is 0.353 e. The molecule has 0 spiro atoms. The van der Waals surface area contributed by atoms with Gasteiger partial charge in [-0.3, -0.25) is 9.59 Å². The SMILES string of the molecule is CC(CC(=O)NC1CCCCCC1)S(=O)(=O)c1ccc2c(c1)NC(=O)CCS2. The molecule has 2 aliphatic rings. The first-order valence-electron chi connectivity index (χ1n) is 9.96. The number of nitrogens with one attached hydrogen (secondary N) is 2. The van der Waals surface area contributed by atoms with Gasteiger partial charge in [-0.15, -0.1) is 11.8 Å². The number of sulfone groups is 1. The first-order chi connectivity index (χ1) is 13.4. The van der Waals surface area contributed by atoms with Crippen molar-refractivity contribution < 1.29 is 18.0 Å². The van der Waals surface area contributed by atoms with Crippen LogP contribution in [0.1, 0.15) is 58.3 Å². The van der Waals surface area contributed by atoms with Crippen molar-refractivity contribution in [3.63, 3.8) is 0 Å². The third kappa shape index (κ3) is 5.29. The van der Waals surface area contributed by atoms with Crippen molar-refractivity contribution in [2.24, 2.45) is 0 Å². The molecule has 28 heavy (non-hydrogen) atoms. The zero-order valence-corrected chi connectivity index (χ0v) is 17.8. The summed E-state index contributed by atoms with van der Waals surface area (Å²) in [7, 11) is -3.67. The summed E-state index contributed by atoms with van der Waals surface area (Å²) in [6.45, 7) is 1.57. The Morgan fingerprint density at radius 1 is 1.25 bits per heavy atom. The number of amides is 2. The van der Waals surface area contributed by atoms with E-state index >= 15 is 0 Å². The highest BCUT2D eigenvalue weighted by Gasteiger charge is 2.28. The molecule has 6 nitrogen and oxygen atoms in total. The minimum Gasteiger partial charge on any atom is -0.353 e. The topological polar surface area (TPSA) is 92.3 Å². The van der Waals surface area contributed by atoms with Gasteiger partial charge in [-0.2, -0.15) is 0 Å². The molecule has 154 valence electrons. The summed E-state index contributed by atoms with van der Waals surface area (Å²) in [4.78, 5) is 25.2. The Kier molecular flexibility index (Phi) is 7.04. The van der Waals surface area contributed by atoms with E-state index in [4.69, 9.17) is 0 Å². The summed E-state index contributed by atoms with van der Waals surface area (Å²) >= 11 is 1.53. The van der Waals surface area contributed by atoms with Gasteiger partial charge in [0.1, 0.15) is 0 Å². The van der Waals surface area contributed by atoms with E-state index in [9.17, 15) is 18.0 Å². The number of anilines is 1. The van der Waals surface area contributed by atoms with Crippen LogP contribution in [0.5, 0.6) is 0 Å². The Balaban J connectivity index is 1.67. The lowest BCUT2D eigenvalue weighted by molar-refractivity contribution is -0.121. The van der Waals surface area contributed by atoms with Crippen molar-refractivity contribution in [2.45, 2.75) is 79.4 Å². The van der Waals surface area contributed by atoms with E-state index in [1.54, 1.807) is 19.1 Å². The second-order valence-electron chi connectivity index (χ2n) is 7.62. The van der Waals surface area contributed by atoms with Crippen LogP contribution in [-0.4, -0.2) is 37.3 Å². The molecule has 1 atom stereocenters. The van der Waals surface area contributed by atoms with Crippen molar-refractivity contribution in [1.29, 1.82) is 0 Å². The summed E-state index contributed by atoms with van der Waals surface area (Å²) in [6.07, 6.45) is 6.89. The molecule has 1 aliphatic carbocycles. The summed E-state index contributed by atoms with van der Waals surface area (Å²) in [5, 5.41) is 4.96. The van der Waals surface area contributed by atoms with Crippen LogP contribution in [0, 0.1) is 0 Å². The van der Waals surface area contributed by atoms with Crippen LogP contribution < -0.4 is 10.6 Å². The molecule has 2 N–H and O–H groups in total. The molecule has 1 fully saturated rings. The standard InChI is InChI=1S/C20H28N2O4S2/c1-14(12-20(24)21-15-6-4-2-3-5-7-15)28(25,26)16-8-9-18-17(13-16)22-19(23)10-11-27-18/h8-9,13-15H,2-7,10-12H2,1H3,(H,21,24)(H,22,23). The second-order valence-corrected chi connectivity index (χ2v) is 11.1. The number of hydrogen-bond donors (Lipinski definition) is 2. The van der Waals surface area contributed by atoms with Gasteiger partial charge < -0.3 is 10.6 Å². The molecular weight excluding hydrogens is 396 g/mol. The number of fused-ring (bicyclic) bond motifs is 1. The predicted molar refractivity (Wildman–Crippen MR) is 111 cm³/mol. The molecule has 2 amide bonds. The third-order valence-electron chi connectivity index (χ3n) is 5.36. The van der Waals surface area contributed by atoms with Gasteiger partial charge in [0.15, 0.2) is 9.84 Å². The predicted octanol–water partition coefficient (Wildman–Crippen LogP) is 3.51. The Morgan fingerprint density at radius 3 is 2.68 bits per heavy atom. The maximum Gasteiger partial charge on any atom is 0.225 e. The van der Waals surface area contributed by atoms with Crippen molar-refractivity contribution >= 4 is 39.1 Å². The molecular formula is C20H28N2O4S2. The molecule has 8 heteroatoms. The molecule has 1 aromatic rings. The van der Waals surface area contributed by atoms with Crippen molar-refractivity contribution in [3.8, 4) is 0 Å². The number of hydrogen-bond acceptors (Lipinski definition) is 5. The van der Waals surface area contributed by atoms with Crippen LogP contribution in [0.15, 0.2) is 28.0 Å². The van der Waals surface area contributed by atoms with E-state index in [1.807, 2.05) is 0 Å². The number of thioether (sulfide) groups is 1. The van der Waals surface area contributed by atoms with Crippen molar-refractivity contribution in [1.82, 2.24) is 5.32 Å². The molecule has 0 aromatic heterocycles. The molecule has 1 aromatic carbocycles. The first-order valence-corrected chi connectivity index (χ1v) is 12.5. The molecule has 0 radical (unpaired) electrons. The minimum atomic E-state index is -3.67. The lowest BCUT2D eigenvalue weighted by Crippen LogP contribution is -2.37. The number of rotatable bonds is 5. The molecule has 3 rings (SSSR count). The van der Waals surface area contributed by atoms with Gasteiger partial charge in [0.2, 0.25) is 11.8 Å². The molecule has 1 aliphatic heterocycles. The fourth-order valence-electron chi connectivity index (χ4n) is 3.69. The smallest absolute Gasteiger partial charge is 0.225 e. The number of benzene rings is 1. The average molecular weight is 425 g/mol. The van der Waals surface area contributed by atoms with E-state index in [0.29, 0.717) is 17.9 Å². The lowest BCUT2D eigenvalue weighted by Gasteiger charge is -2.19. The molecule has 1 unspecified atom stereocenters. The van der Waals surface area contributed by atoms with Crippen LogP contribution in [0.4, 0.5) is 5.69 Å². The molecule has 0 saturated heterocycles. The highest BCUT2D eigenvalue weighted by molar-refractivity contribution is 7.99. The minimum absolute atomic E-state index is 0.0585. The third-order valence-corrected chi connectivity index (χ3v) is 8.58. The Bertz CT molecular complexity index is 831. The normalized spacial score (nSPS) is 19.7. The highest BCUT2D eigenvalue weighted by atomic mass is 32.2. The lowest BCUT2D eigenvalue weighted by atomic mass is 10.1. The zero-order valence-electron chi connectivity index (χ0n) is 16.2. The van der Waals surface area contributed by atoms with Gasteiger partial charge in [0.25, 0.3) is 0 Å². The first kappa shape index (κ1) is 21.2. The quantitative estimate of drug-likeness (QED) is 0.706. The second kappa shape index (κ2) is 9.31. The van der Waals surface area contributed by atoms with E-state index in [0.717, 1.165) is 30.6 Å². The van der Waals surface area contributed by atoms with Gasteiger partial charge in [-0.05, 0) is 38.0 Å². The summed E-state index contributed by atoms with van der Waals surface area (Å²) in [5.74, 6) is 0.348. The van der Waals surface area contributed by atoms with Crippen LogP contribution in [-0.2, 0) is 19.4 Å². The summed E-state index contributed by atoms with van der Waals surface area (Å²) < 4.78 is 25.9. The monoisotopic (exact) mass is 424 g/mol.